The predicted molar refractivity (Wildman–Crippen MR) is 72.5 cm³/mol. The van der Waals surface area contributed by atoms with Gasteiger partial charge in [-0.2, -0.15) is 18.4 Å². The van der Waals surface area contributed by atoms with Gasteiger partial charge in [0.05, 0.1) is 5.56 Å². The van der Waals surface area contributed by atoms with Crippen LogP contribution >= 0.6 is 0 Å². The number of rotatable bonds is 2. The Morgan fingerprint density at radius 2 is 2.19 bits per heavy atom. The molecule has 0 radical (unpaired) electrons. The lowest BCUT2D eigenvalue weighted by molar-refractivity contribution is -0.141. The van der Waals surface area contributed by atoms with Gasteiger partial charge in [-0.1, -0.05) is 6.92 Å². The van der Waals surface area contributed by atoms with E-state index in [0.717, 1.165) is 18.9 Å². The summed E-state index contributed by atoms with van der Waals surface area (Å²) in [6.45, 7) is 2.98. The molecule has 1 aliphatic rings. The van der Waals surface area contributed by atoms with Crippen molar-refractivity contribution in [3.63, 3.8) is 0 Å². The maximum atomic E-state index is 12.8. The number of pyridine rings is 1. The minimum atomic E-state index is -4.52. The normalized spacial score (nSPS) is 23.0. The van der Waals surface area contributed by atoms with Gasteiger partial charge in [0, 0.05) is 19.1 Å². The van der Waals surface area contributed by atoms with E-state index in [1.54, 1.807) is 4.90 Å². The van der Waals surface area contributed by atoms with Crippen LogP contribution < -0.4 is 10.6 Å². The third-order valence-corrected chi connectivity index (χ3v) is 3.81. The van der Waals surface area contributed by atoms with Crippen LogP contribution in [0.1, 0.15) is 31.0 Å². The number of anilines is 1. The van der Waals surface area contributed by atoms with Crippen molar-refractivity contribution >= 4 is 5.82 Å². The smallest absolute Gasteiger partial charge is 0.351 e. The van der Waals surface area contributed by atoms with Crippen molar-refractivity contribution in [2.24, 2.45) is 11.7 Å². The van der Waals surface area contributed by atoms with Crippen molar-refractivity contribution in [2.45, 2.75) is 32.0 Å². The van der Waals surface area contributed by atoms with Gasteiger partial charge < -0.3 is 10.6 Å². The zero-order valence-corrected chi connectivity index (χ0v) is 11.7. The Morgan fingerprint density at radius 3 is 2.76 bits per heavy atom. The van der Waals surface area contributed by atoms with Crippen LogP contribution in [0, 0.1) is 17.2 Å². The number of nitrogens with two attached hydrogens (primary N) is 1. The number of aromatic nitrogens is 1. The molecule has 0 saturated carbocycles. The van der Waals surface area contributed by atoms with Gasteiger partial charge in [-0.25, -0.2) is 4.98 Å². The van der Waals surface area contributed by atoms with E-state index in [4.69, 9.17) is 11.0 Å². The summed E-state index contributed by atoms with van der Waals surface area (Å²) in [6, 6.07) is 3.85. The highest BCUT2D eigenvalue weighted by molar-refractivity contribution is 5.55. The number of nitrogens with zero attached hydrogens (tertiary/aromatic N) is 3. The third-order valence-electron chi connectivity index (χ3n) is 3.81. The summed E-state index contributed by atoms with van der Waals surface area (Å²) in [5.74, 6) is 0.556. The molecule has 2 unspecified atom stereocenters. The van der Waals surface area contributed by atoms with Gasteiger partial charge in [0.1, 0.15) is 17.6 Å². The molecular weight excluding hydrogens is 281 g/mol. The fraction of sp³-hybridized carbons (Fsp3) is 0.571. The molecule has 114 valence electrons. The Balaban J connectivity index is 2.43. The second-order valence-electron chi connectivity index (χ2n) is 5.39. The van der Waals surface area contributed by atoms with Gasteiger partial charge in [-0.05, 0) is 30.9 Å². The highest BCUT2D eigenvalue weighted by atomic mass is 19.4. The molecule has 2 rings (SSSR count). The van der Waals surface area contributed by atoms with E-state index in [-0.39, 0.29) is 17.4 Å². The lowest BCUT2D eigenvalue weighted by Gasteiger charge is -2.39. The van der Waals surface area contributed by atoms with Gasteiger partial charge in [0.15, 0.2) is 0 Å². The van der Waals surface area contributed by atoms with Crippen molar-refractivity contribution in [2.75, 3.05) is 18.0 Å². The first kappa shape index (κ1) is 15.6. The highest BCUT2D eigenvalue weighted by Crippen LogP contribution is 2.33. The molecule has 1 aliphatic heterocycles. The molecule has 2 atom stereocenters. The van der Waals surface area contributed by atoms with E-state index < -0.39 is 11.9 Å². The minimum Gasteiger partial charge on any atom is -0.351 e. The number of hydrogen-bond acceptors (Lipinski definition) is 4. The minimum absolute atomic E-state index is 0.0863. The zero-order valence-electron chi connectivity index (χ0n) is 11.7. The molecule has 21 heavy (non-hydrogen) atoms. The predicted octanol–water partition coefficient (Wildman–Crippen LogP) is 2.54. The summed E-state index contributed by atoms with van der Waals surface area (Å²) in [7, 11) is 0. The number of alkyl halides is 3. The molecule has 7 heteroatoms. The average molecular weight is 298 g/mol. The molecule has 2 N–H and O–H groups in total. The van der Waals surface area contributed by atoms with Crippen LogP contribution in [0.25, 0.3) is 0 Å². The number of nitriles is 1. The summed E-state index contributed by atoms with van der Waals surface area (Å²) in [5.41, 5.74) is 4.90. The molecule has 4 nitrogen and oxygen atoms in total. The quantitative estimate of drug-likeness (QED) is 0.911. The monoisotopic (exact) mass is 298 g/mol. The van der Waals surface area contributed by atoms with E-state index in [1.165, 1.54) is 6.07 Å². The molecule has 1 aromatic heterocycles. The fourth-order valence-corrected chi connectivity index (χ4v) is 2.67. The van der Waals surface area contributed by atoms with E-state index >= 15 is 0 Å². The molecule has 1 saturated heterocycles. The molecule has 1 fully saturated rings. The first-order valence-electron chi connectivity index (χ1n) is 6.82. The lowest BCUT2D eigenvalue weighted by atomic mass is 9.92. The average Bonchev–Trinajstić information content (AvgIpc) is 2.45. The summed E-state index contributed by atoms with van der Waals surface area (Å²) < 4.78 is 38.5. The molecule has 0 aromatic carbocycles. The van der Waals surface area contributed by atoms with Crippen molar-refractivity contribution in [1.82, 2.24) is 4.98 Å². The molecule has 1 aromatic rings. The van der Waals surface area contributed by atoms with Gasteiger partial charge >= 0.3 is 6.18 Å². The Morgan fingerprint density at radius 1 is 1.48 bits per heavy atom. The lowest BCUT2D eigenvalue weighted by Crippen LogP contribution is -2.47. The van der Waals surface area contributed by atoms with E-state index in [9.17, 15) is 13.2 Å². The number of halogens is 3. The second-order valence-corrected chi connectivity index (χ2v) is 5.39. The maximum Gasteiger partial charge on any atom is 0.433 e. The third kappa shape index (κ3) is 3.27. The SMILES string of the molecule is CC1CCN(c2nc(C(F)(F)F)ccc2C#N)C(CN)C1. The first-order valence-corrected chi connectivity index (χ1v) is 6.82. The molecule has 0 amide bonds. The van der Waals surface area contributed by atoms with Gasteiger partial charge in [0.25, 0.3) is 0 Å². The van der Waals surface area contributed by atoms with Crippen LogP contribution in [0.15, 0.2) is 12.1 Å². The van der Waals surface area contributed by atoms with Crippen LogP contribution in [0.4, 0.5) is 19.0 Å². The molecule has 0 spiro atoms. The standard InChI is InChI=1S/C14H17F3N4/c1-9-4-5-21(11(6-9)8-19)13-10(7-18)2-3-12(20-13)14(15,16)17/h2-3,9,11H,4-6,8,19H2,1H3. The second kappa shape index (κ2) is 5.90. The molecule has 0 aliphatic carbocycles. The Hall–Kier alpha value is -1.81. The van der Waals surface area contributed by atoms with Crippen molar-refractivity contribution in [1.29, 1.82) is 5.26 Å². The molecular formula is C14H17F3N4. The van der Waals surface area contributed by atoms with Crippen LogP contribution in [0.5, 0.6) is 0 Å². The summed E-state index contributed by atoms with van der Waals surface area (Å²) in [5, 5.41) is 9.12. The summed E-state index contributed by atoms with van der Waals surface area (Å²) in [6.07, 6.45) is -2.89. The Kier molecular flexibility index (Phi) is 4.37. The maximum absolute atomic E-state index is 12.8. The van der Waals surface area contributed by atoms with Crippen LogP contribution in [0.2, 0.25) is 0 Å². The fourth-order valence-electron chi connectivity index (χ4n) is 2.67. The van der Waals surface area contributed by atoms with Crippen LogP contribution in [-0.4, -0.2) is 24.1 Å². The summed E-state index contributed by atoms with van der Waals surface area (Å²) >= 11 is 0. The molecule has 2 heterocycles. The Labute approximate surface area is 121 Å². The zero-order chi connectivity index (χ0) is 15.6. The largest absolute Gasteiger partial charge is 0.433 e. The van der Waals surface area contributed by atoms with E-state index in [2.05, 4.69) is 11.9 Å². The topological polar surface area (TPSA) is 65.9 Å². The van der Waals surface area contributed by atoms with Gasteiger partial charge in [0.2, 0.25) is 0 Å². The van der Waals surface area contributed by atoms with Crippen LogP contribution in [0.3, 0.4) is 0 Å². The highest BCUT2D eigenvalue weighted by Gasteiger charge is 2.35. The first-order chi connectivity index (χ1) is 9.86. The van der Waals surface area contributed by atoms with Crippen molar-refractivity contribution in [3.8, 4) is 6.07 Å². The van der Waals surface area contributed by atoms with Crippen molar-refractivity contribution in [3.05, 3.63) is 23.4 Å². The van der Waals surface area contributed by atoms with Gasteiger partial charge in [-0.3, -0.25) is 0 Å². The van der Waals surface area contributed by atoms with Crippen LogP contribution in [-0.2, 0) is 6.18 Å². The summed E-state index contributed by atoms with van der Waals surface area (Å²) in [4.78, 5) is 5.43. The molecule has 0 bridgehead atoms. The van der Waals surface area contributed by atoms with Gasteiger partial charge in [-0.15, -0.1) is 0 Å². The van der Waals surface area contributed by atoms with E-state index in [1.807, 2.05) is 6.07 Å². The van der Waals surface area contributed by atoms with Crippen molar-refractivity contribution < 1.29 is 13.2 Å². The number of piperidine rings is 1. The van der Waals surface area contributed by atoms with E-state index in [0.29, 0.717) is 19.0 Å². The number of hydrogen-bond donors (Lipinski definition) is 1. The Bertz CT molecular complexity index is 550.